The van der Waals surface area contributed by atoms with Gasteiger partial charge in [-0.3, -0.25) is 10.1 Å². The number of nitro groups is 1. The third-order valence-corrected chi connectivity index (χ3v) is 3.87. The third-order valence-electron chi connectivity index (χ3n) is 3.15. The molecule has 104 valence electrons. The van der Waals surface area contributed by atoms with E-state index in [1.165, 1.54) is 6.07 Å². The molecule has 20 heavy (non-hydrogen) atoms. The molecule has 2 aromatic rings. The van der Waals surface area contributed by atoms with E-state index in [1.807, 2.05) is 24.3 Å². The molecule has 0 bridgehead atoms. The predicted octanol–water partition coefficient (Wildman–Crippen LogP) is 4.84. The van der Waals surface area contributed by atoms with Crippen LogP contribution >= 0.6 is 15.9 Å². The van der Waals surface area contributed by atoms with Gasteiger partial charge in [0.2, 0.25) is 0 Å². The Hall–Kier alpha value is -1.88. The standard InChI is InChI=1S/C15H15BrN2O2/c1-10-9-12(7-8-15(10)18(19)20)17-11(2)13-5-3-4-6-14(13)16/h3-9,11,17H,1-2H3. The highest BCUT2D eigenvalue weighted by molar-refractivity contribution is 9.10. The summed E-state index contributed by atoms with van der Waals surface area (Å²) >= 11 is 3.53. The van der Waals surface area contributed by atoms with Gasteiger partial charge >= 0.3 is 0 Å². The first-order valence-corrected chi connectivity index (χ1v) is 7.04. The number of hydrogen-bond acceptors (Lipinski definition) is 3. The van der Waals surface area contributed by atoms with E-state index in [9.17, 15) is 10.1 Å². The average molecular weight is 335 g/mol. The molecule has 1 N–H and O–H groups in total. The molecule has 0 fully saturated rings. The van der Waals surface area contributed by atoms with Gasteiger partial charge in [0.05, 0.1) is 4.92 Å². The average Bonchev–Trinajstić information content (AvgIpc) is 2.38. The molecule has 0 spiro atoms. The molecule has 0 saturated heterocycles. The summed E-state index contributed by atoms with van der Waals surface area (Å²) in [6.07, 6.45) is 0. The minimum Gasteiger partial charge on any atom is -0.378 e. The molecule has 0 aliphatic carbocycles. The summed E-state index contributed by atoms with van der Waals surface area (Å²) in [5.41, 5.74) is 2.81. The van der Waals surface area contributed by atoms with Gasteiger partial charge in [-0.25, -0.2) is 0 Å². The van der Waals surface area contributed by atoms with Crippen LogP contribution in [0.3, 0.4) is 0 Å². The van der Waals surface area contributed by atoms with E-state index < -0.39 is 0 Å². The Morgan fingerprint density at radius 1 is 1.25 bits per heavy atom. The maximum absolute atomic E-state index is 10.8. The van der Waals surface area contributed by atoms with Crippen molar-refractivity contribution in [2.75, 3.05) is 5.32 Å². The Kier molecular flexibility index (Phi) is 4.39. The van der Waals surface area contributed by atoms with E-state index in [-0.39, 0.29) is 16.7 Å². The molecular weight excluding hydrogens is 320 g/mol. The molecule has 0 saturated carbocycles. The van der Waals surface area contributed by atoms with Crippen LogP contribution in [-0.2, 0) is 0 Å². The van der Waals surface area contributed by atoms with Gasteiger partial charge in [0.1, 0.15) is 0 Å². The van der Waals surface area contributed by atoms with Crippen molar-refractivity contribution in [2.24, 2.45) is 0 Å². The zero-order valence-corrected chi connectivity index (χ0v) is 12.8. The molecule has 0 heterocycles. The molecule has 0 aromatic heterocycles. The van der Waals surface area contributed by atoms with E-state index in [4.69, 9.17) is 0 Å². The van der Waals surface area contributed by atoms with Gasteiger partial charge in [-0.15, -0.1) is 0 Å². The van der Waals surface area contributed by atoms with E-state index in [1.54, 1.807) is 19.1 Å². The number of aryl methyl sites for hydroxylation is 1. The van der Waals surface area contributed by atoms with Gasteiger partial charge in [0.25, 0.3) is 5.69 Å². The maximum atomic E-state index is 10.8. The Morgan fingerprint density at radius 3 is 2.55 bits per heavy atom. The fraction of sp³-hybridized carbons (Fsp3) is 0.200. The summed E-state index contributed by atoms with van der Waals surface area (Å²) < 4.78 is 1.04. The smallest absolute Gasteiger partial charge is 0.272 e. The monoisotopic (exact) mass is 334 g/mol. The van der Waals surface area contributed by atoms with Gasteiger partial charge in [0, 0.05) is 27.8 Å². The van der Waals surface area contributed by atoms with Crippen molar-refractivity contribution in [2.45, 2.75) is 19.9 Å². The van der Waals surface area contributed by atoms with Gasteiger partial charge in [0.15, 0.2) is 0 Å². The van der Waals surface area contributed by atoms with E-state index in [0.29, 0.717) is 5.56 Å². The van der Waals surface area contributed by atoms with Crippen LogP contribution in [0, 0.1) is 17.0 Å². The lowest BCUT2D eigenvalue weighted by Crippen LogP contribution is -2.07. The van der Waals surface area contributed by atoms with Crippen molar-refractivity contribution in [3.8, 4) is 0 Å². The Balaban J connectivity index is 2.20. The lowest BCUT2D eigenvalue weighted by molar-refractivity contribution is -0.385. The number of anilines is 1. The minimum absolute atomic E-state index is 0.103. The second kappa shape index (κ2) is 6.05. The van der Waals surface area contributed by atoms with Crippen LogP contribution in [0.5, 0.6) is 0 Å². The summed E-state index contributed by atoms with van der Waals surface area (Å²) in [4.78, 5) is 10.4. The molecular formula is C15H15BrN2O2. The Bertz CT molecular complexity index is 644. The van der Waals surface area contributed by atoms with Crippen molar-refractivity contribution < 1.29 is 4.92 Å². The van der Waals surface area contributed by atoms with Crippen LogP contribution in [0.2, 0.25) is 0 Å². The Labute approximate surface area is 126 Å². The van der Waals surface area contributed by atoms with E-state index in [0.717, 1.165) is 15.7 Å². The lowest BCUT2D eigenvalue weighted by Gasteiger charge is -2.17. The zero-order valence-electron chi connectivity index (χ0n) is 11.3. The summed E-state index contributed by atoms with van der Waals surface area (Å²) in [5.74, 6) is 0. The van der Waals surface area contributed by atoms with Crippen LogP contribution in [0.15, 0.2) is 46.9 Å². The molecule has 0 aliphatic heterocycles. The molecule has 1 unspecified atom stereocenters. The topological polar surface area (TPSA) is 55.2 Å². The number of nitro benzene ring substituents is 1. The van der Waals surface area contributed by atoms with Crippen LogP contribution in [0.25, 0.3) is 0 Å². The highest BCUT2D eigenvalue weighted by Crippen LogP contribution is 2.28. The molecule has 5 heteroatoms. The summed E-state index contributed by atoms with van der Waals surface area (Å²) in [5, 5.41) is 14.2. The number of rotatable bonds is 4. The van der Waals surface area contributed by atoms with E-state index >= 15 is 0 Å². The molecule has 4 nitrogen and oxygen atoms in total. The van der Waals surface area contributed by atoms with Crippen molar-refractivity contribution in [3.05, 3.63) is 68.2 Å². The second-order valence-electron chi connectivity index (χ2n) is 4.65. The largest absolute Gasteiger partial charge is 0.378 e. The van der Waals surface area contributed by atoms with Crippen LogP contribution in [0.4, 0.5) is 11.4 Å². The zero-order chi connectivity index (χ0) is 14.7. The number of halogens is 1. The lowest BCUT2D eigenvalue weighted by atomic mass is 10.1. The SMILES string of the molecule is Cc1cc(NC(C)c2ccccc2Br)ccc1[N+](=O)[O-]. The first-order chi connectivity index (χ1) is 9.49. The maximum Gasteiger partial charge on any atom is 0.272 e. The molecule has 0 amide bonds. The fourth-order valence-electron chi connectivity index (χ4n) is 2.10. The van der Waals surface area contributed by atoms with Crippen molar-refractivity contribution in [1.29, 1.82) is 0 Å². The van der Waals surface area contributed by atoms with Crippen LogP contribution < -0.4 is 5.32 Å². The summed E-state index contributed by atoms with van der Waals surface area (Å²) in [6.45, 7) is 3.79. The van der Waals surface area contributed by atoms with Gasteiger partial charge < -0.3 is 5.32 Å². The first kappa shape index (κ1) is 14.5. The normalized spacial score (nSPS) is 11.9. The summed E-state index contributed by atoms with van der Waals surface area (Å²) in [6, 6.07) is 13.2. The molecule has 1 atom stereocenters. The Morgan fingerprint density at radius 2 is 1.95 bits per heavy atom. The van der Waals surface area contributed by atoms with Crippen LogP contribution in [0.1, 0.15) is 24.1 Å². The first-order valence-electron chi connectivity index (χ1n) is 6.25. The number of benzene rings is 2. The molecule has 0 aliphatic rings. The third kappa shape index (κ3) is 3.17. The highest BCUT2D eigenvalue weighted by Gasteiger charge is 2.12. The van der Waals surface area contributed by atoms with Gasteiger partial charge in [-0.1, -0.05) is 34.1 Å². The summed E-state index contributed by atoms with van der Waals surface area (Å²) in [7, 11) is 0. The fourth-order valence-corrected chi connectivity index (χ4v) is 2.73. The quantitative estimate of drug-likeness (QED) is 0.642. The highest BCUT2D eigenvalue weighted by atomic mass is 79.9. The number of nitrogens with zero attached hydrogens (tertiary/aromatic N) is 1. The van der Waals surface area contributed by atoms with E-state index in [2.05, 4.69) is 28.2 Å². The van der Waals surface area contributed by atoms with Gasteiger partial charge in [-0.05, 0) is 37.6 Å². The van der Waals surface area contributed by atoms with Crippen molar-refractivity contribution in [3.63, 3.8) is 0 Å². The minimum atomic E-state index is -0.365. The second-order valence-corrected chi connectivity index (χ2v) is 5.50. The van der Waals surface area contributed by atoms with Crippen molar-refractivity contribution in [1.82, 2.24) is 0 Å². The molecule has 0 radical (unpaired) electrons. The molecule has 2 aromatic carbocycles. The van der Waals surface area contributed by atoms with Crippen molar-refractivity contribution >= 4 is 27.3 Å². The predicted molar refractivity (Wildman–Crippen MR) is 84.0 cm³/mol. The van der Waals surface area contributed by atoms with Gasteiger partial charge in [-0.2, -0.15) is 0 Å². The van der Waals surface area contributed by atoms with Crippen LogP contribution in [-0.4, -0.2) is 4.92 Å². The molecule has 2 rings (SSSR count). The number of nitrogens with one attached hydrogen (secondary N) is 1. The number of hydrogen-bond donors (Lipinski definition) is 1.